The van der Waals surface area contributed by atoms with Gasteiger partial charge < -0.3 is 9.73 Å². The van der Waals surface area contributed by atoms with Crippen LogP contribution in [-0.2, 0) is 6.54 Å². The zero-order chi connectivity index (χ0) is 15.7. The van der Waals surface area contributed by atoms with E-state index < -0.39 is 0 Å². The summed E-state index contributed by atoms with van der Waals surface area (Å²) in [6.07, 6.45) is 0. The van der Waals surface area contributed by atoms with Crippen LogP contribution in [0.3, 0.4) is 0 Å². The molecule has 2 aromatic rings. The first-order valence-electron chi connectivity index (χ1n) is 7.13. The zero-order valence-corrected chi connectivity index (χ0v) is 13.4. The molecular formula is C15H22N4O2. The van der Waals surface area contributed by atoms with E-state index in [0.717, 1.165) is 23.5 Å². The molecule has 2 rings (SSSR count). The van der Waals surface area contributed by atoms with Gasteiger partial charge in [0.2, 0.25) is 5.76 Å². The Balaban J connectivity index is 2.22. The summed E-state index contributed by atoms with van der Waals surface area (Å²) in [6, 6.07) is -0.136. The molecule has 6 heteroatoms. The summed E-state index contributed by atoms with van der Waals surface area (Å²) >= 11 is 0. The Morgan fingerprint density at radius 1 is 1.29 bits per heavy atom. The normalized spacial score (nSPS) is 12.5. The quantitative estimate of drug-likeness (QED) is 0.939. The Bertz CT molecular complexity index is 670. The van der Waals surface area contributed by atoms with Crippen LogP contribution in [-0.4, -0.2) is 20.7 Å². The number of hydrogen-bond acceptors (Lipinski definition) is 4. The van der Waals surface area contributed by atoms with Gasteiger partial charge in [0.25, 0.3) is 5.91 Å². The molecular weight excluding hydrogens is 268 g/mol. The van der Waals surface area contributed by atoms with Gasteiger partial charge in [-0.25, -0.2) is 4.98 Å². The van der Waals surface area contributed by atoms with Gasteiger partial charge in [-0.05, 0) is 34.6 Å². The summed E-state index contributed by atoms with van der Waals surface area (Å²) in [5, 5.41) is 7.44. The Kier molecular flexibility index (Phi) is 4.16. The van der Waals surface area contributed by atoms with Gasteiger partial charge in [-0.3, -0.25) is 9.48 Å². The Morgan fingerprint density at radius 2 is 1.95 bits per heavy atom. The summed E-state index contributed by atoms with van der Waals surface area (Å²) in [5.41, 5.74) is 3.68. The molecule has 0 saturated heterocycles. The number of carbonyl (C=O) groups is 1. The van der Waals surface area contributed by atoms with Gasteiger partial charge in [-0.15, -0.1) is 0 Å². The minimum atomic E-state index is -0.247. The first-order chi connectivity index (χ1) is 9.85. The number of nitrogens with zero attached hydrogens (tertiary/aromatic N) is 3. The predicted molar refractivity (Wildman–Crippen MR) is 79.2 cm³/mol. The molecule has 0 radical (unpaired) electrons. The molecule has 21 heavy (non-hydrogen) atoms. The highest BCUT2D eigenvalue weighted by Crippen LogP contribution is 2.22. The third-order valence-corrected chi connectivity index (χ3v) is 3.63. The molecule has 0 bridgehead atoms. The topological polar surface area (TPSA) is 73.0 Å². The van der Waals surface area contributed by atoms with E-state index in [-0.39, 0.29) is 17.7 Å². The van der Waals surface area contributed by atoms with Crippen LogP contribution in [0.15, 0.2) is 4.42 Å². The lowest BCUT2D eigenvalue weighted by atomic mass is 10.1. The van der Waals surface area contributed by atoms with Crippen LogP contribution in [0, 0.1) is 27.7 Å². The maximum atomic E-state index is 12.3. The minimum Gasteiger partial charge on any atom is -0.436 e. The lowest BCUT2D eigenvalue weighted by molar-refractivity contribution is 0.0909. The number of oxazole rings is 1. The summed E-state index contributed by atoms with van der Waals surface area (Å²) < 4.78 is 7.30. The van der Waals surface area contributed by atoms with Crippen LogP contribution in [0.2, 0.25) is 0 Å². The van der Waals surface area contributed by atoms with E-state index in [0.29, 0.717) is 11.6 Å². The van der Waals surface area contributed by atoms with E-state index >= 15 is 0 Å². The lowest BCUT2D eigenvalue weighted by Gasteiger charge is -2.14. The van der Waals surface area contributed by atoms with E-state index in [2.05, 4.69) is 15.4 Å². The number of aromatic nitrogens is 3. The molecule has 0 spiro atoms. The van der Waals surface area contributed by atoms with Crippen molar-refractivity contribution in [2.24, 2.45) is 0 Å². The average molecular weight is 290 g/mol. The maximum absolute atomic E-state index is 12.3. The predicted octanol–water partition coefficient (Wildman–Crippen LogP) is 2.62. The van der Waals surface area contributed by atoms with Crippen molar-refractivity contribution in [1.29, 1.82) is 0 Å². The Labute approximate surface area is 124 Å². The molecule has 6 nitrogen and oxygen atoms in total. The van der Waals surface area contributed by atoms with Gasteiger partial charge in [0.1, 0.15) is 0 Å². The molecule has 0 aliphatic rings. The summed E-state index contributed by atoms with van der Waals surface area (Å²) in [5.74, 6) is 0.526. The fourth-order valence-corrected chi connectivity index (χ4v) is 2.72. The lowest BCUT2D eigenvalue weighted by Crippen LogP contribution is -2.27. The molecule has 1 atom stereocenters. The number of hydrogen-bond donors (Lipinski definition) is 1. The Hall–Kier alpha value is -2.11. The fourth-order valence-electron chi connectivity index (χ4n) is 2.72. The van der Waals surface area contributed by atoms with E-state index in [1.807, 2.05) is 32.4 Å². The van der Waals surface area contributed by atoms with Crippen LogP contribution in [0.4, 0.5) is 0 Å². The number of aryl methyl sites for hydroxylation is 4. The molecule has 0 aliphatic carbocycles. The van der Waals surface area contributed by atoms with Crippen molar-refractivity contribution in [3.63, 3.8) is 0 Å². The fraction of sp³-hybridized carbons (Fsp3) is 0.533. The van der Waals surface area contributed by atoms with E-state index in [9.17, 15) is 4.79 Å². The van der Waals surface area contributed by atoms with Gasteiger partial charge in [0.05, 0.1) is 17.4 Å². The molecule has 0 aromatic carbocycles. The van der Waals surface area contributed by atoms with E-state index in [4.69, 9.17) is 4.42 Å². The van der Waals surface area contributed by atoms with Crippen molar-refractivity contribution < 1.29 is 9.21 Å². The second kappa shape index (κ2) is 5.71. The smallest absolute Gasteiger partial charge is 0.289 e. The van der Waals surface area contributed by atoms with E-state index in [1.54, 1.807) is 13.8 Å². The zero-order valence-electron chi connectivity index (χ0n) is 13.4. The largest absolute Gasteiger partial charge is 0.436 e. The third-order valence-electron chi connectivity index (χ3n) is 3.63. The second-order valence-corrected chi connectivity index (χ2v) is 5.24. The standard InChI is InChI=1S/C15H22N4O2/c1-7-19-11(5)13(9(3)18-19)8(2)17-15(20)14-10(4)16-12(6)21-14/h8H,7H2,1-6H3,(H,17,20)/t8-/m0/s1. The second-order valence-electron chi connectivity index (χ2n) is 5.24. The Morgan fingerprint density at radius 3 is 2.43 bits per heavy atom. The van der Waals surface area contributed by atoms with Crippen molar-refractivity contribution in [1.82, 2.24) is 20.1 Å². The van der Waals surface area contributed by atoms with Crippen molar-refractivity contribution in [3.05, 3.63) is 34.3 Å². The number of nitrogens with one attached hydrogen (secondary N) is 1. The van der Waals surface area contributed by atoms with Crippen LogP contribution in [0.25, 0.3) is 0 Å². The third kappa shape index (κ3) is 2.84. The van der Waals surface area contributed by atoms with Crippen molar-refractivity contribution >= 4 is 5.91 Å². The molecule has 1 amide bonds. The average Bonchev–Trinajstić information content (AvgIpc) is 2.88. The van der Waals surface area contributed by atoms with Gasteiger partial charge >= 0.3 is 0 Å². The highest BCUT2D eigenvalue weighted by molar-refractivity contribution is 5.92. The maximum Gasteiger partial charge on any atom is 0.289 e. The first kappa shape index (κ1) is 15.3. The summed E-state index contributed by atoms with van der Waals surface area (Å²) in [4.78, 5) is 16.4. The SMILES string of the molecule is CCn1nc(C)c([C@H](C)NC(=O)c2oc(C)nc2C)c1C. The number of amides is 1. The van der Waals surface area contributed by atoms with Crippen LogP contribution >= 0.6 is 0 Å². The summed E-state index contributed by atoms with van der Waals surface area (Å²) in [6.45, 7) is 12.3. The number of rotatable bonds is 4. The van der Waals surface area contributed by atoms with Crippen LogP contribution in [0.1, 0.15) is 59.0 Å². The van der Waals surface area contributed by atoms with Gasteiger partial charge in [0.15, 0.2) is 5.89 Å². The van der Waals surface area contributed by atoms with Crippen molar-refractivity contribution in [2.75, 3.05) is 0 Å². The molecule has 0 fully saturated rings. The molecule has 0 unspecified atom stereocenters. The molecule has 2 heterocycles. The van der Waals surface area contributed by atoms with Crippen molar-refractivity contribution in [2.45, 2.75) is 54.1 Å². The van der Waals surface area contributed by atoms with Crippen LogP contribution in [0.5, 0.6) is 0 Å². The van der Waals surface area contributed by atoms with E-state index in [1.165, 1.54) is 0 Å². The highest BCUT2D eigenvalue weighted by Gasteiger charge is 2.22. The first-order valence-corrected chi connectivity index (χ1v) is 7.13. The van der Waals surface area contributed by atoms with Gasteiger partial charge in [0, 0.05) is 24.7 Å². The monoisotopic (exact) mass is 290 g/mol. The molecule has 2 aromatic heterocycles. The summed E-state index contributed by atoms with van der Waals surface area (Å²) in [7, 11) is 0. The molecule has 1 N–H and O–H groups in total. The van der Waals surface area contributed by atoms with Crippen molar-refractivity contribution in [3.8, 4) is 0 Å². The van der Waals surface area contributed by atoms with Gasteiger partial charge in [-0.2, -0.15) is 5.10 Å². The van der Waals surface area contributed by atoms with Crippen LogP contribution < -0.4 is 5.32 Å². The minimum absolute atomic E-state index is 0.136. The molecule has 0 saturated carbocycles. The molecule has 114 valence electrons. The molecule has 0 aliphatic heterocycles. The number of carbonyl (C=O) groups excluding carboxylic acids is 1. The van der Waals surface area contributed by atoms with Gasteiger partial charge in [-0.1, -0.05) is 0 Å². The highest BCUT2D eigenvalue weighted by atomic mass is 16.4.